The fourth-order valence-electron chi connectivity index (χ4n) is 3.79. The highest BCUT2D eigenvalue weighted by Gasteiger charge is 2.24. The lowest BCUT2D eigenvalue weighted by molar-refractivity contribution is 0.245. The van der Waals surface area contributed by atoms with E-state index in [1.807, 2.05) is 18.2 Å². The third kappa shape index (κ3) is 5.86. The molecular weight excluding hydrogens is 378 g/mol. The van der Waals surface area contributed by atoms with Gasteiger partial charge in [0.05, 0.1) is 26.8 Å². The predicted octanol–water partition coefficient (Wildman–Crippen LogP) is 2.99. The highest BCUT2D eigenvalue weighted by molar-refractivity contribution is 5.79. The monoisotopic (exact) mass is 411 g/mol. The normalized spacial score (nSPS) is 15.6. The van der Waals surface area contributed by atoms with Crippen LogP contribution in [0.1, 0.15) is 36.9 Å². The topological polar surface area (TPSA) is 71.0 Å². The average Bonchev–Trinajstić information content (AvgIpc) is 3.32. The maximum absolute atomic E-state index is 5.45. The minimum Gasteiger partial charge on any atom is -0.497 e. The number of guanidine groups is 1. The van der Waals surface area contributed by atoms with Crippen LogP contribution in [0.3, 0.4) is 0 Å². The number of methoxy groups -OCH3 is 2. The Labute approximate surface area is 179 Å². The summed E-state index contributed by atoms with van der Waals surface area (Å²) in [6, 6.07) is 12.5. The summed E-state index contributed by atoms with van der Waals surface area (Å²) in [5.41, 5.74) is 2.22. The molecule has 1 unspecified atom stereocenters. The smallest absolute Gasteiger partial charge is 0.218 e. The van der Waals surface area contributed by atoms with E-state index in [9.17, 15) is 0 Å². The first kappa shape index (κ1) is 21.9. The Kier molecular flexibility index (Phi) is 8.32. The fraction of sp³-hybridized carbons (Fsp3) is 0.478. The first-order valence-corrected chi connectivity index (χ1v) is 10.6. The molecule has 0 radical (unpaired) electrons. The molecule has 1 atom stereocenters. The minimum atomic E-state index is 0.263. The van der Waals surface area contributed by atoms with Gasteiger partial charge in [0, 0.05) is 24.8 Å². The van der Waals surface area contributed by atoms with Crippen molar-refractivity contribution in [1.29, 1.82) is 0 Å². The van der Waals surface area contributed by atoms with Crippen LogP contribution in [0, 0.1) is 0 Å². The molecule has 0 spiro atoms. The third-order valence-electron chi connectivity index (χ3n) is 5.32. The standard InChI is InChI=1S/C23H33N5O2/c1-4-24-23(26-16-19-10-8-12-25-22(19)30-3)27-17-21(28-13-5-6-14-28)18-9-7-11-20(15-18)29-2/h7-12,15,21H,4-6,13-14,16-17H2,1-3H3,(H2,24,26,27). The van der Waals surface area contributed by atoms with E-state index in [4.69, 9.17) is 14.5 Å². The van der Waals surface area contributed by atoms with Crippen LogP contribution in [-0.2, 0) is 6.54 Å². The van der Waals surface area contributed by atoms with E-state index in [-0.39, 0.29) is 6.04 Å². The summed E-state index contributed by atoms with van der Waals surface area (Å²) in [5.74, 6) is 2.29. The van der Waals surface area contributed by atoms with E-state index in [1.54, 1.807) is 20.4 Å². The number of hydrogen-bond donors (Lipinski definition) is 2. The van der Waals surface area contributed by atoms with E-state index < -0.39 is 0 Å². The van der Waals surface area contributed by atoms with Crippen LogP contribution in [0.4, 0.5) is 0 Å². The van der Waals surface area contributed by atoms with Crippen molar-refractivity contribution in [2.75, 3.05) is 40.4 Å². The summed E-state index contributed by atoms with van der Waals surface area (Å²) in [7, 11) is 3.35. The van der Waals surface area contributed by atoms with Gasteiger partial charge in [-0.2, -0.15) is 0 Å². The maximum atomic E-state index is 5.45. The van der Waals surface area contributed by atoms with Crippen LogP contribution < -0.4 is 20.1 Å². The van der Waals surface area contributed by atoms with Crippen LogP contribution in [0.15, 0.2) is 47.6 Å². The van der Waals surface area contributed by atoms with Crippen LogP contribution in [0.5, 0.6) is 11.6 Å². The van der Waals surface area contributed by atoms with Crippen molar-refractivity contribution in [3.05, 3.63) is 53.7 Å². The second-order valence-corrected chi connectivity index (χ2v) is 7.28. The van der Waals surface area contributed by atoms with Gasteiger partial charge in [-0.25, -0.2) is 9.98 Å². The van der Waals surface area contributed by atoms with Gasteiger partial charge in [-0.3, -0.25) is 4.90 Å². The van der Waals surface area contributed by atoms with Gasteiger partial charge < -0.3 is 20.1 Å². The molecule has 3 rings (SSSR count). The molecule has 1 saturated heterocycles. The van der Waals surface area contributed by atoms with Crippen molar-refractivity contribution in [2.45, 2.75) is 32.4 Å². The molecule has 2 heterocycles. The molecule has 1 aliphatic rings. The summed E-state index contributed by atoms with van der Waals surface area (Å²) < 4.78 is 10.8. The summed E-state index contributed by atoms with van der Waals surface area (Å²) in [6.07, 6.45) is 4.22. The highest BCUT2D eigenvalue weighted by atomic mass is 16.5. The van der Waals surface area contributed by atoms with Gasteiger partial charge in [-0.15, -0.1) is 0 Å². The molecule has 2 aromatic rings. The molecular formula is C23H33N5O2. The molecule has 1 aromatic heterocycles. The van der Waals surface area contributed by atoms with Gasteiger partial charge in [0.1, 0.15) is 5.75 Å². The number of ether oxygens (including phenoxy) is 2. The Morgan fingerprint density at radius 1 is 1.13 bits per heavy atom. The van der Waals surface area contributed by atoms with Gasteiger partial charge >= 0.3 is 0 Å². The van der Waals surface area contributed by atoms with Crippen molar-refractivity contribution < 1.29 is 9.47 Å². The fourth-order valence-corrected chi connectivity index (χ4v) is 3.79. The number of likely N-dealkylation sites (tertiary alicyclic amines) is 1. The van der Waals surface area contributed by atoms with Crippen LogP contribution in [0.25, 0.3) is 0 Å². The summed E-state index contributed by atoms with van der Waals surface area (Å²) >= 11 is 0. The molecule has 0 bridgehead atoms. The molecule has 0 aliphatic carbocycles. The van der Waals surface area contributed by atoms with Gasteiger partial charge in [0.2, 0.25) is 5.88 Å². The Bertz CT molecular complexity index is 821. The second-order valence-electron chi connectivity index (χ2n) is 7.28. The highest BCUT2D eigenvalue weighted by Crippen LogP contribution is 2.27. The number of nitrogens with one attached hydrogen (secondary N) is 2. The zero-order valence-corrected chi connectivity index (χ0v) is 18.2. The van der Waals surface area contributed by atoms with Gasteiger partial charge in [-0.1, -0.05) is 18.2 Å². The molecule has 1 aromatic carbocycles. The third-order valence-corrected chi connectivity index (χ3v) is 5.32. The lowest BCUT2D eigenvalue weighted by Crippen LogP contribution is -2.42. The Morgan fingerprint density at radius 2 is 1.97 bits per heavy atom. The number of hydrogen-bond acceptors (Lipinski definition) is 5. The average molecular weight is 412 g/mol. The number of pyridine rings is 1. The molecule has 0 amide bonds. The summed E-state index contributed by atoms with van der Waals surface area (Å²) in [6.45, 7) is 6.36. The van der Waals surface area contributed by atoms with Crippen molar-refractivity contribution in [1.82, 2.24) is 20.5 Å². The lowest BCUT2D eigenvalue weighted by Gasteiger charge is -2.29. The largest absolute Gasteiger partial charge is 0.497 e. The van der Waals surface area contributed by atoms with Crippen LogP contribution in [-0.4, -0.2) is 56.2 Å². The molecule has 2 N–H and O–H groups in total. The zero-order valence-electron chi connectivity index (χ0n) is 18.2. The minimum absolute atomic E-state index is 0.263. The number of aromatic nitrogens is 1. The summed E-state index contributed by atoms with van der Waals surface area (Å²) in [4.78, 5) is 11.5. The first-order valence-electron chi connectivity index (χ1n) is 10.6. The molecule has 1 fully saturated rings. The molecule has 7 heteroatoms. The van der Waals surface area contributed by atoms with Crippen molar-refractivity contribution >= 4 is 5.96 Å². The van der Waals surface area contributed by atoms with E-state index in [0.29, 0.717) is 12.4 Å². The van der Waals surface area contributed by atoms with Crippen molar-refractivity contribution in [3.8, 4) is 11.6 Å². The number of benzene rings is 1. The van der Waals surface area contributed by atoms with E-state index in [0.717, 1.165) is 43.5 Å². The Balaban J connectivity index is 1.73. The number of aliphatic imine (C=N–C) groups is 1. The Hall–Kier alpha value is -2.80. The van der Waals surface area contributed by atoms with Gasteiger partial charge in [0.15, 0.2) is 5.96 Å². The first-order chi connectivity index (χ1) is 14.7. The maximum Gasteiger partial charge on any atom is 0.218 e. The van der Waals surface area contributed by atoms with Crippen LogP contribution in [0.2, 0.25) is 0 Å². The number of nitrogens with zero attached hydrogens (tertiary/aromatic N) is 3. The molecule has 1 aliphatic heterocycles. The van der Waals surface area contributed by atoms with Gasteiger partial charge in [-0.05, 0) is 56.6 Å². The Morgan fingerprint density at radius 3 is 2.70 bits per heavy atom. The van der Waals surface area contributed by atoms with Crippen molar-refractivity contribution in [3.63, 3.8) is 0 Å². The molecule has 7 nitrogen and oxygen atoms in total. The van der Waals surface area contributed by atoms with Crippen molar-refractivity contribution in [2.24, 2.45) is 4.99 Å². The van der Waals surface area contributed by atoms with E-state index in [1.165, 1.54) is 18.4 Å². The predicted molar refractivity (Wildman–Crippen MR) is 120 cm³/mol. The van der Waals surface area contributed by atoms with Crippen LogP contribution >= 0.6 is 0 Å². The molecule has 162 valence electrons. The SMILES string of the molecule is CCNC(=NCc1cccnc1OC)NCC(c1cccc(OC)c1)N1CCCC1. The quantitative estimate of drug-likeness (QED) is 0.488. The van der Waals surface area contributed by atoms with E-state index >= 15 is 0 Å². The lowest BCUT2D eigenvalue weighted by atomic mass is 10.1. The van der Waals surface area contributed by atoms with E-state index in [2.05, 4.69) is 45.6 Å². The molecule has 30 heavy (non-hydrogen) atoms. The molecule has 0 saturated carbocycles. The zero-order chi connectivity index (χ0) is 21.2. The van der Waals surface area contributed by atoms with Gasteiger partial charge in [0.25, 0.3) is 0 Å². The number of rotatable bonds is 9. The second kappa shape index (κ2) is 11.4. The summed E-state index contributed by atoms with van der Waals surface area (Å²) in [5, 5.41) is 6.88.